The zero-order valence-corrected chi connectivity index (χ0v) is 19.8. The molecule has 0 aliphatic rings. The largest absolute Gasteiger partial charge is 0.497 e. The third-order valence-corrected chi connectivity index (χ3v) is 4.96. The minimum Gasteiger partial charge on any atom is -0.497 e. The van der Waals surface area contributed by atoms with Crippen molar-refractivity contribution in [3.8, 4) is 17.2 Å². The first-order valence-electron chi connectivity index (χ1n) is 11.5. The van der Waals surface area contributed by atoms with Crippen LogP contribution in [0.25, 0.3) is 0 Å². The molecule has 0 spiro atoms. The molecule has 0 aliphatic heterocycles. The summed E-state index contributed by atoms with van der Waals surface area (Å²) in [6.45, 7) is 4.44. The van der Waals surface area contributed by atoms with Crippen molar-refractivity contribution in [2.75, 3.05) is 13.7 Å². The van der Waals surface area contributed by atoms with Gasteiger partial charge in [0.2, 0.25) is 5.91 Å². The van der Waals surface area contributed by atoms with Crippen LogP contribution in [0.15, 0.2) is 47.6 Å². The number of carbonyl (C=O) groups excluding carboxylic acids is 2. The molecule has 7 nitrogen and oxygen atoms in total. The van der Waals surface area contributed by atoms with Crippen molar-refractivity contribution in [2.45, 2.75) is 58.8 Å². The van der Waals surface area contributed by atoms with Crippen molar-refractivity contribution in [3.05, 3.63) is 53.6 Å². The molecule has 1 N–H and O–H groups in total. The minimum absolute atomic E-state index is 0.100. The van der Waals surface area contributed by atoms with Crippen LogP contribution in [-0.4, -0.2) is 31.8 Å². The molecule has 1 amide bonds. The van der Waals surface area contributed by atoms with Crippen LogP contribution < -0.4 is 19.6 Å². The van der Waals surface area contributed by atoms with Crippen molar-refractivity contribution in [1.82, 2.24) is 5.43 Å². The summed E-state index contributed by atoms with van der Waals surface area (Å²) in [5, 5.41) is 4.03. The zero-order chi connectivity index (χ0) is 23.9. The number of hydrogen-bond acceptors (Lipinski definition) is 6. The predicted molar refractivity (Wildman–Crippen MR) is 129 cm³/mol. The number of ether oxygens (including phenoxy) is 3. The lowest BCUT2D eigenvalue weighted by atomic mass is 10.1. The van der Waals surface area contributed by atoms with E-state index in [1.807, 2.05) is 6.92 Å². The van der Waals surface area contributed by atoms with E-state index < -0.39 is 5.97 Å². The van der Waals surface area contributed by atoms with Gasteiger partial charge in [-0.15, -0.1) is 0 Å². The van der Waals surface area contributed by atoms with Crippen molar-refractivity contribution in [3.63, 3.8) is 0 Å². The fourth-order valence-corrected chi connectivity index (χ4v) is 3.14. The summed E-state index contributed by atoms with van der Waals surface area (Å²) in [5.41, 5.74) is 3.67. The van der Waals surface area contributed by atoms with E-state index >= 15 is 0 Å². The third kappa shape index (κ3) is 9.35. The summed E-state index contributed by atoms with van der Waals surface area (Å²) in [7, 11) is 1.56. The molecular weight excluding hydrogens is 420 g/mol. The van der Waals surface area contributed by atoms with Gasteiger partial charge in [-0.1, -0.05) is 39.0 Å². The lowest BCUT2D eigenvalue weighted by molar-refractivity contribution is -0.121. The topological polar surface area (TPSA) is 86.2 Å². The van der Waals surface area contributed by atoms with Gasteiger partial charge in [-0.25, -0.2) is 10.2 Å². The second kappa shape index (κ2) is 14.7. The Morgan fingerprint density at radius 1 is 0.939 bits per heavy atom. The van der Waals surface area contributed by atoms with Crippen LogP contribution >= 0.6 is 0 Å². The van der Waals surface area contributed by atoms with Gasteiger partial charge in [-0.2, -0.15) is 5.10 Å². The Labute approximate surface area is 196 Å². The van der Waals surface area contributed by atoms with Crippen LogP contribution in [-0.2, 0) is 4.79 Å². The Balaban J connectivity index is 1.91. The van der Waals surface area contributed by atoms with Gasteiger partial charge in [0.15, 0.2) is 11.5 Å². The number of nitrogens with one attached hydrogen (secondary N) is 1. The normalized spacial score (nSPS) is 10.8. The number of benzene rings is 2. The van der Waals surface area contributed by atoms with Crippen LogP contribution in [0.4, 0.5) is 0 Å². The standard InChI is InChI=1S/C26H34N2O5/c1-4-6-7-8-9-10-11-25(29)28-27-19-20-12-17-23(24(18-20)32-5-2)33-26(30)21-13-15-22(31-3)16-14-21/h12-19H,4-11H2,1-3H3,(H,28,29)/b27-19-. The Bertz CT molecular complexity index is 909. The molecule has 0 fully saturated rings. The van der Waals surface area contributed by atoms with Crippen molar-refractivity contribution in [2.24, 2.45) is 5.10 Å². The van der Waals surface area contributed by atoms with Gasteiger partial charge >= 0.3 is 5.97 Å². The third-order valence-electron chi connectivity index (χ3n) is 4.96. The molecule has 0 bridgehead atoms. The van der Waals surface area contributed by atoms with E-state index in [1.54, 1.807) is 49.6 Å². The molecule has 178 valence electrons. The van der Waals surface area contributed by atoms with Gasteiger partial charge in [-0.05, 0) is 61.4 Å². The van der Waals surface area contributed by atoms with Crippen molar-refractivity contribution in [1.29, 1.82) is 0 Å². The molecule has 0 radical (unpaired) electrons. The quantitative estimate of drug-likeness (QED) is 0.134. The van der Waals surface area contributed by atoms with Gasteiger partial charge in [0.05, 0.1) is 25.5 Å². The van der Waals surface area contributed by atoms with Gasteiger partial charge in [-0.3, -0.25) is 4.79 Å². The second-order valence-corrected chi connectivity index (χ2v) is 7.57. The molecule has 0 saturated carbocycles. The number of hydrazone groups is 1. The average Bonchev–Trinajstić information content (AvgIpc) is 2.83. The van der Waals surface area contributed by atoms with Crippen molar-refractivity contribution >= 4 is 18.1 Å². The first-order valence-corrected chi connectivity index (χ1v) is 11.5. The number of esters is 1. The maximum Gasteiger partial charge on any atom is 0.343 e. The SMILES string of the molecule is CCCCCCCCC(=O)N/N=C\c1ccc(OC(=O)c2ccc(OC)cc2)c(OCC)c1. The Morgan fingerprint density at radius 2 is 1.67 bits per heavy atom. The van der Waals surface area contributed by atoms with E-state index in [2.05, 4.69) is 17.5 Å². The number of nitrogens with zero attached hydrogens (tertiary/aromatic N) is 1. The fraction of sp³-hybridized carbons (Fsp3) is 0.423. The Kier molecular flexibility index (Phi) is 11.5. The van der Waals surface area contributed by atoms with Crippen LogP contribution in [0, 0.1) is 0 Å². The highest BCUT2D eigenvalue weighted by Gasteiger charge is 2.13. The van der Waals surface area contributed by atoms with Crippen LogP contribution in [0.5, 0.6) is 17.2 Å². The monoisotopic (exact) mass is 454 g/mol. The Morgan fingerprint density at radius 3 is 2.36 bits per heavy atom. The van der Waals surface area contributed by atoms with Gasteiger partial charge in [0.25, 0.3) is 0 Å². The summed E-state index contributed by atoms with van der Waals surface area (Å²) in [6, 6.07) is 11.8. The Hall–Kier alpha value is -3.35. The summed E-state index contributed by atoms with van der Waals surface area (Å²) in [4.78, 5) is 24.4. The number of rotatable bonds is 14. The van der Waals surface area contributed by atoms with E-state index in [0.29, 0.717) is 41.4 Å². The summed E-state index contributed by atoms with van der Waals surface area (Å²) >= 11 is 0. The highest BCUT2D eigenvalue weighted by atomic mass is 16.6. The first kappa shape index (κ1) is 25.9. The molecule has 2 rings (SSSR count). The van der Waals surface area contributed by atoms with E-state index in [9.17, 15) is 9.59 Å². The number of methoxy groups -OCH3 is 1. The van der Waals surface area contributed by atoms with Crippen LogP contribution in [0.1, 0.15) is 74.7 Å². The molecule has 2 aromatic carbocycles. The second-order valence-electron chi connectivity index (χ2n) is 7.57. The average molecular weight is 455 g/mol. The molecule has 0 saturated heterocycles. The van der Waals surface area contributed by atoms with E-state index in [1.165, 1.54) is 31.9 Å². The molecule has 0 heterocycles. The number of carbonyl (C=O) groups is 2. The molecule has 33 heavy (non-hydrogen) atoms. The maximum atomic E-state index is 12.5. The number of hydrogen-bond donors (Lipinski definition) is 1. The molecule has 2 aromatic rings. The van der Waals surface area contributed by atoms with Gasteiger partial charge < -0.3 is 14.2 Å². The summed E-state index contributed by atoms with van der Waals surface area (Å²) in [6.07, 6.45) is 8.79. The first-order chi connectivity index (χ1) is 16.1. The zero-order valence-electron chi connectivity index (χ0n) is 19.8. The summed E-state index contributed by atoms with van der Waals surface area (Å²) < 4.78 is 16.2. The number of unbranched alkanes of at least 4 members (excludes halogenated alkanes) is 5. The van der Waals surface area contributed by atoms with Crippen LogP contribution in [0.2, 0.25) is 0 Å². The predicted octanol–water partition coefficient (Wildman–Crippen LogP) is 5.51. The molecule has 0 aromatic heterocycles. The van der Waals surface area contributed by atoms with E-state index in [4.69, 9.17) is 14.2 Å². The van der Waals surface area contributed by atoms with E-state index in [0.717, 1.165) is 12.8 Å². The fourth-order valence-electron chi connectivity index (χ4n) is 3.14. The number of amides is 1. The maximum absolute atomic E-state index is 12.5. The van der Waals surface area contributed by atoms with Gasteiger partial charge in [0, 0.05) is 6.42 Å². The minimum atomic E-state index is -0.498. The van der Waals surface area contributed by atoms with Crippen LogP contribution in [0.3, 0.4) is 0 Å². The molecule has 0 unspecified atom stereocenters. The molecule has 0 atom stereocenters. The molecular formula is C26H34N2O5. The lowest BCUT2D eigenvalue weighted by Gasteiger charge is -2.11. The highest BCUT2D eigenvalue weighted by molar-refractivity contribution is 5.91. The lowest BCUT2D eigenvalue weighted by Crippen LogP contribution is -2.16. The van der Waals surface area contributed by atoms with Gasteiger partial charge in [0.1, 0.15) is 5.75 Å². The smallest absolute Gasteiger partial charge is 0.343 e. The summed E-state index contributed by atoms with van der Waals surface area (Å²) in [5.74, 6) is 0.784. The molecule has 0 aliphatic carbocycles. The van der Waals surface area contributed by atoms with Crippen molar-refractivity contribution < 1.29 is 23.8 Å². The molecule has 7 heteroatoms. The highest BCUT2D eigenvalue weighted by Crippen LogP contribution is 2.29. The van der Waals surface area contributed by atoms with E-state index in [-0.39, 0.29) is 5.91 Å².